The Labute approximate surface area is 157 Å². The van der Waals surface area contributed by atoms with Gasteiger partial charge in [0.1, 0.15) is 11.6 Å². The number of fused-ring (bicyclic) bond motifs is 1. The van der Waals surface area contributed by atoms with Crippen molar-refractivity contribution in [1.29, 1.82) is 0 Å². The van der Waals surface area contributed by atoms with Gasteiger partial charge in [0.25, 0.3) is 0 Å². The third-order valence-corrected chi connectivity index (χ3v) is 4.09. The summed E-state index contributed by atoms with van der Waals surface area (Å²) in [6.07, 6.45) is 0.196. The molecule has 8 heteroatoms. The van der Waals surface area contributed by atoms with E-state index in [9.17, 15) is 22.0 Å². The number of aromatic amines is 1. The predicted molar refractivity (Wildman–Crippen MR) is 97.3 cm³/mol. The number of aliphatic imine (C=N–C) groups is 1. The van der Waals surface area contributed by atoms with E-state index in [0.717, 1.165) is 10.9 Å². The van der Waals surface area contributed by atoms with Crippen LogP contribution in [0.2, 0.25) is 0 Å². The standard InChI is InChI=1S/C20H17F5N2O/c21-15-4-5-17-14(11-27-18(17)9-15)6-7-26-10-13-2-1-3-16(8-13)28-12-20(24,25)19(22)23/h1-5,8-11,19,27H,6-7,12H2/b26-10+. The molecular weight excluding hydrogens is 379 g/mol. The first-order chi connectivity index (χ1) is 13.3. The predicted octanol–water partition coefficient (Wildman–Crippen LogP) is 5.25. The van der Waals surface area contributed by atoms with Crippen molar-refractivity contribution in [2.45, 2.75) is 18.8 Å². The van der Waals surface area contributed by atoms with Crippen LogP contribution in [0.5, 0.6) is 5.75 Å². The Balaban J connectivity index is 1.57. The van der Waals surface area contributed by atoms with E-state index in [0.29, 0.717) is 24.0 Å². The number of nitrogens with one attached hydrogen (secondary N) is 1. The number of hydrogen-bond donors (Lipinski definition) is 1. The summed E-state index contributed by atoms with van der Waals surface area (Å²) in [6.45, 7) is -0.939. The Morgan fingerprint density at radius 3 is 2.75 bits per heavy atom. The second-order valence-corrected chi connectivity index (χ2v) is 6.21. The number of nitrogens with zero attached hydrogens (tertiary/aromatic N) is 1. The van der Waals surface area contributed by atoms with Crippen LogP contribution in [0.15, 0.2) is 53.7 Å². The first kappa shape index (κ1) is 19.9. The SMILES string of the molecule is Fc1ccc2c(CC/N=C/c3cccc(OCC(F)(F)C(F)F)c3)c[nH]c2c1. The quantitative estimate of drug-likeness (QED) is 0.410. The highest BCUT2D eigenvalue weighted by Crippen LogP contribution is 2.24. The number of aromatic nitrogens is 1. The average molecular weight is 396 g/mol. The second-order valence-electron chi connectivity index (χ2n) is 6.21. The molecule has 28 heavy (non-hydrogen) atoms. The van der Waals surface area contributed by atoms with E-state index >= 15 is 0 Å². The summed E-state index contributed by atoms with van der Waals surface area (Å²) in [5.74, 6) is -4.46. The maximum Gasteiger partial charge on any atom is 0.340 e. The van der Waals surface area contributed by atoms with E-state index in [-0.39, 0.29) is 11.6 Å². The lowest BCUT2D eigenvalue weighted by Crippen LogP contribution is -2.33. The topological polar surface area (TPSA) is 37.4 Å². The van der Waals surface area contributed by atoms with E-state index in [1.165, 1.54) is 24.3 Å². The van der Waals surface area contributed by atoms with Gasteiger partial charge in [-0.1, -0.05) is 12.1 Å². The van der Waals surface area contributed by atoms with E-state index < -0.39 is 19.0 Å². The lowest BCUT2D eigenvalue weighted by atomic mass is 10.1. The van der Waals surface area contributed by atoms with Crippen LogP contribution in [0.1, 0.15) is 11.1 Å². The van der Waals surface area contributed by atoms with Crippen molar-refractivity contribution in [3.63, 3.8) is 0 Å². The zero-order valence-corrected chi connectivity index (χ0v) is 14.6. The van der Waals surface area contributed by atoms with Gasteiger partial charge >= 0.3 is 12.3 Å². The fraction of sp³-hybridized carbons (Fsp3) is 0.250. The van der Waals surface area contributed by atoms with Crippen molar-refractivity contribution >= 4 is 17.1 Å². The number of alkyl halides is 4. The fourth-order valence-corrected chi connectivity index (χ4v) is 2.65. The van der Waals surface area contributed by atoms with Crippen LogP contribution >= 0.6 is 0 Å². The van der Waals surface area contributed by atoms with E-state index in [1.54, 1.807) is 30.6 Å². The number of H-pyrrole nitrogens is 1. The molecule has 1 heterocycles. The molecule has 0 aliphatic heterocycles. The maximum atomic E-state index is 13.2. The largest absolute Gasteiger partial charge is 0.487 e. The lowest BCUT2D eigenvalue weighted by molar-refractivity contribution is -0.148. The van der Waals surface area contributed by atoms with Gasteiger partial charge in [-0.15, -0.1) is 0 Å². The van der Waals surface area contributed by atoms with Gasteiger partial charge in [0.2, 0.25) is 0 Å². The van der Waals surface area contributed by atoms with Gasteiger partial charge < -0.3 is 9.72 Å². The maximum absolute atomic E-state index is 13.2. The molecule has 2 aromatic carbocycles. The monoisotopic (exact) mass is 396 g/mol. The number of rotatable bonds is 8. The average Bonchev–Trinajstić information content (AvgIpc) is 3.06. The summed E-state index contributed by atoms with van der Waals surface area (Å²) >= 11 is 0. The molecule has 0 atom stereocenters. The molecule has 3 nitrogen and oxygen atoms in total. The molecule has 0 fully saturated rings. The zero-order chi connectivity index (χ0) is 20.1. The molecule has 0 bridgehead atoms. The first-order valence-corrected chi connectivity index (χ1v) is 8.49. The van der Waals surface area contributed by atoms with Crippen LogP contribution in [-0.4, -0.2) is 36.7 Å². The molecule has 3 aromatic rings. The zero-order valence-electron chi connectivity index (χ0n) is 14.6. The summed E-state index contributed by atoms with van der Waals surface area (Å²) in [7, 11) is 0. The van der Waals surface area contributed by atoms with Gasteiger partial charge in [-0.3, -0.25) is 4.99 Å². The highest BCUT2D eigenvalue weighted by Gasteiger charge is 2.41. The van der Waals surface area contributed by atoms with Gasteiger partial charge in [-0.25, -0.2) is 13.2 Å². The highest BCUT2D eigenvalue weighted by atomic mass is 19.3. The molecule has 1 aromatic heterocycles. The van der Waals surface area contributed by atoms with Crippen molar-refractivity contribution in [2.24, 2.45) is 4.99 Å². The third kappa shape index (κ3) is 4.88. The van der Waals surface area contributed by atoms with E-state index in [4.69, 9.17) is 4.74 Å². The molecule has 0 unspecified atom stereocenters. The Morgan fingerprint density at radius 1 is 1.14 bits per heavy atom. The molecule has 3 rings (SSSR count). The number of benzene rings is 2. The summed E-state index contributed by atoms with van der Waals surface area (Å²) in [4.78, 5) is 7.29. The molecule has 1 N–H and O–H groups in total. The second kappa shape index (κ2) is 8.41. The van der Waals surface area contributed by atoms with Crippen molar-refractivity contribution in [1.82, 2.24) is 4.98 Å². The van der Waals surface area contributed by atoms with Crippen LogP contribution in [0.25, 0.3) is 10.9 Å². The van der Waals surface area contributed by atoms with Crippen molar-refractivity contribution < 1.29 is 26.7 Å². The van der Waals surface area contributed by atoms with Gasteiger partial charge in [-0.05, 0) is 47.9 Å². The van der Waals surface area contributed by atoms with Gasteiger partial charge in [0.05, 0.1) is 0 Å². The summed E-state index contributed by atoms with van der Waals surface area (Å²) in [5, 5.41) is 0.923. The minimum absolute atomic E-state index is 0.0583. The summed E-state index contributed by atoms with van der Waals surface area (Å²) in [5.41, 5.74) is 2.31. The molecule has 0 aliphatic rings. The van der Waals surface area contributed by atoms with Crippen LogP contribution in [-0.2, 0) is 6.42 Å². The summed E-state index contributed by atoms with van der Waals surface area (Å²) in [6, 6.07) is 10.6. The minimum atomic E-state index is -4.20. The number of halogens is 5. The van der Waals surface area contributed by atoms with Crippen molar-refractivity contribution in [2.75, 3.05) is 13.2 Å². The smallest absolute Gasteiger partial charge is 0.340 e. The van der Waals surface area contributed by atoms with Crippen molar-refractivity contribution in [3.8, 4) is 5.75 Å². The van der Waals surface area contributed by atoms with E-state index in [2.05, 4.69) is 9.98 Å². The van der Waals surface area contributed by atoms with Crippen LogP contribution < -0.4 is 4.74 Å². The molecule has 0 amide bonds. The van der Waals surface area contributed by atoms with Crippen LogP contribution in [0, 0.1) is 5.82 Å². The molecule has 0 saturated carbocycles. The molecule has 0 aliphatic carbocycles. The Bertz CT molecular complexity index is 968. The molecule has 0 radical (unpaired) electrons. The summed E-state index contributed by atoms with van der Waals surface area (Å²) < 4.78 is 68.1. The molecular formula is C20H17F5N2O. The lowest BCUT2D eigenvalue weighted by Gasteiger charge is -2.16. The van der Waals surface area contributed by atoms with Gasteiger partial charge in [0, 0.05) is 29.9 Å². The van der Waals surface area contributed by atoms with Crippen LogP contribution in [0.3, 0.4) is 0 Å². The Kier molecular flexibility index (Phi) is 5.96. The minimum Gasteiger partial charge on any atom is -0.487 e. The first-order valence-electron chi connectivity index (χ1n) is 8.49. The molecule has 148 valence electrons. The Morgan fingerprint density at radius 2 is 1.96 bits per heavy atom. The van der Waals surface area contributed by atoms with Crippen LogP contribution in [0.4, 0.5) is 22.0 Å². The fourth-order valence-electron chi connectivity index (χ4n) is 2.65. The molecule has 0 saturated heterocycles. The van der Waals surface area contributed by atoms with Gasteiger partial charge in [-0.2, -0.15) is 8.78 Å². The Hall–Kier alpha value is -2.90. The normalized spacial score (nSPS) is 12.4. The van der Waals surface area contributed by atoms with E-state index in [1.807, 2.05) is 0 Å². The number of hydrogen-bond acceptors (Lipinski definition) is 2. The highest BCUT2D eigenvalue weighted by molar-refractivity contribution is 5.83. The van der Waals surface area contributed by atoms with Crippen molar-refractivity contribution in [3.05, 3.63) is 65.6 Å². The third-order valence-electron chi connectivity index (χ3n) is 4.09. The number of ether oxygens (including phenoxy) is 1. The van der Waals surface area contributed by atoms with Gasteiger partial charge in [0.15, 0.2) is 6.61 Å². The molecule has 0 spiro atoms.